The molecule has 1 atom stereocenters. The topological polar surface area (TPSA) is 0 Å². The number of hydrogen-bond acceptors (Lipinski definition) is 1. The Hall–Kier alpha value is -7.16. The molecule has 0 amide bonds. The second-order valence-electron chi connectivity index (χ2n) is 15.5. The molecule has 0 N–H and O–H groups in total. The minimum Gasteiger partial charge on any atom is -0.134 e. The van der Waals surface area contributed by atoms with E-state index in [2.05, 4.69) is 206 Å². The van der Waals surface area contributed by atoms with Crippen LogP contribution in [0.5, 0.6) is 0 Å². The summed E-state index contributed by atoms with van der Waals surface area (Å²) < 4.78 is 2.52. The molecule has 1 aromatic heterocycles. The van der Waals surface area contributed by atoms with E-state index in [0.717, 1.165) is 22.1 Å². The lowest BCUT2D eigenvalue weighted by molar-refractivity contribution is 0.634. The smallest absolute Gasteiger partial charge is 0.0732 e. The van der Waals surface area contributed by atoms with E-state index in [9.17, 15) is 0 Å². The summed E-state index contributed by atoms with van der Waals surface area (Å²) in [7, 11) is 0. The van der Waals surface area contributed by atoms with E-state index in [4.69, 9.17) is 0 Å². The maximum atomic E-state index is 3.61. The van der Waals surface area contributed by atoms with Crippen molar-refractivity contribution in [3.63, 3.8) is 0 Å². The minimum absolute atomic E-state index is 0.521. The van der Waals surface area contributed by atoms with Crippen molar-refractivity contribution in [2.75, 3.05) is 0 Å². The molecule has 0 saturated carbocycles. The molecular formula is C56H30S. The van der Waals surface area contributed by atoms with Crippen molar-refractivity contribution in [2.24, 2.45) is 0 Å². The number of hydrogen-bond donors (Lipinski definition) is 0. The van der Waals surface area contributed by atoms with E-state index >= 15 is 0 Å². The second kappa shape index (κ2) is 11.2. The van der Waals surface area contributed by atoms with Crippen LogP contribution in [-0.4, -0.2) is 0 Å². The summed E-state index contributed by atoms with van der Waals surface area (Å²) in [4.78, 5) is 0. The molecule has 0 saturated heterocycles. The molecule has 0 bridgehead atoms. The van der Waals surface area contributed by atoms with E-state index < -0.39 is 10.8 Å². The van der Waals surface area contributed by atoms with Crippen LogP contribution in [0.2, 0.25) is 0 Å². The Morgan fingerprint density at radius 3 is 1.72 bits per heavy atom. The molecule has 57 heavy (non-hydrogen) atoms. The van der Waals surface area contributed by atoms with Gasteiger partial charge in [0, 0.05) is 25.9 Å². The van der Waals surface area contributed by atoms with Gasteiger partial charge in [0.05, 0.1) is 16.2 Å². The first-order valence-corrected chi connectivity index (χ1v) is 20.4. The Kier molecular flexibility index (Phi) is 6.12. The average molecular weight is 735 g/mol. The molecule has 3 aliphatic rings. The Morgan fingerprint density at radius 1 is 0.386 bits per heavy atom. The summed E-state index contributed by atoms with van der Waals surface area (Å²) in [6.45, 7) is 0. The fourth-order valence-electron chi connectivity index (χ4n) is 11.0. The van der Waals surface area contributed by atoms with Gasteiger partial charge >= 0.3 is 0 Å². The lowest BCUT2D eigenvalue weighted by Crippen LogP contribution is -2.44. The van der Waals surface area contributed by atoms with Gasteiger partial charge in [0.1, 0.15) is 0 Å². The predicted octanol–water partition coefficient (Wildman–Crippen LogP) is 13.6. The van der Waals surface area contributed by atoms with Crippen LogP contribution in [0.1, 0.15) is 44.5 Å². The Bertz CT molecular complexity index is 3210. The zero-order valence-corrected chi connectivity index (χ0v) is 31.5. The molecule has 2 spiro atoms. The van der Waals surface area contributed by atoms with Gasteiger partial charge in [-0.2, -0.15) is 0 Å². The lowest BCUT2D eigenvalue weighted by atomic mass is 9.51. The highest BCUT2D eigenvalue weighted by atomic mass is 32.1. The van der Waals surface area contributed by atoms with Crippen LogP contribution in [0.3, 0.4) is 0 Å². The quantitative estimate of drug-likeness (QED) is 0.166. The van der Waals surface area contributed by atoms with Gasteiger partial charge in [-0.3, -0.25) is 0 Å². The van der Waals surface area contributed by atoms with Crippen LogP contribution in [0.4, 0.5) is 0 Å². The van der Waals surface area contributed by atoms with Crippen molar-refractivity contribution in [1.29, 1.82) is 0 Å². The van der Waals surface area contributed by atoms with Gasteiger partial charge in [0.25, 0.3) is 0 Å². The standard InChI is InChI=1S/C56H30S/c1-6-20-45-39(14-1)40-15-2-7-21-46(40)55(45)49-24-10-11-25-50(49)56(47-22-8-3-16-41(47)42-17-4-9-23-48(42)56)54-38(19-13-26-51(54)55)36-30-28-35(29-31-36)37-32-33-44-43-18-5-12-27-52(43)57-53(44)34-37/h1-3,5-16,18-31,34H. The molecule has 1 unspecified atom stereocenters. The lowest BCUT2D eigenvalue weighted by Gasteiger charge is -2.49. The van der Waals surface area contributed by atoms with Gasteiger partial charge in [0.15, 0.2) is 0 Å². The fraction of sp³-hybridized carbons (Fsp3) is 0.0357. The van der Waals surface area contributed by atoms with E-state index in [1.165, 1.54) is 87.1 Å². The molecule has 1 heteroatoms. The Labute approximate surface area is 336 Å². The maximum Gasteiger partial charge on any atom is 0.0732 e. The van der Waals surface area contributed by atoms with Crippen LogP contribution in [0, 0.1) is 24.3 Å². The molecule has 1 heterocycles. The molecule has 10 aromatic rings. The van der Waals surface area contributed by atoms with Gasteiger partial charge in [-0.25, -0.2) is 0 Å². The summed E-state index contributed by atoms with van der Waals surface area (Å²) in [5, 5.41) is 2.39. The Morgan fingerprint density at radius 2 is 0.965 bits per heavy atom. The van der Waals surface area contributed by atoms with Crippen LogP contribution >= 0.6 is 11.3 Å². The highest BCUT2D eigenvalue weighted by Gasteiger charge is 2.59. The SMILES string of the molecule is c1ccc2c(c#1)-c1ccccc1C21c2ccccc2C2(c3ccccc3-c3ccccc32)c2cccc(-c3ccc(-c4c#cc5c(c4)sc4ccccc45)cc3)c21. The van der Waals surface area contributed by atoms with E-state index in [1.54, 1.807) is 0 Å². The second-order valence-corrected chi connectivity index (χ2v) is 16.6. The van der Waals surface area contributed by atoms with Gasteiger partial charge in [-0.05, 0) is 102 Å². The monoisotopic (exact) mass is 734 g/mol. The van der Waals surface area contributed by atoms with Gasteiger partial charge in [-0.1, -0.05) is 182 Å². The largest absolute Gasteiger partial charge is 0.134 e. The molecule has 3 aliphatic carbocycles. The third-order valence-electron chi connectivity index (χ3n) is 13.1. The van der Waals surface area contributed by atoms with Crippen molar-refractivity contribution in [2.45, 2.75) is 10.8 Å². The average Bonchev–Trinajstić information content (AvgIpc) is 3.91. The van der Waals surface area contributed by atoms with Gasteiger partial charge < -0.3 is 0 Å². The molecule has 0 fully saturated rings. The van der Waals surface area contributed by atoms with Crippen molar-refractivity contribution in [1.82, 2.24) is 0 Å². The minimum atomic E-state index is -0.592. The van der Waals surface area contributed by atoms with Crippen molar-refractivity contribution in [3.05, 3.63) is 251 Å². The summed E-state index contributed by atoms with van der Waals surface area (Å²) in [5.41, 5.74) is 19.0. The van der Waals surface area contributed by atoms with Crippen molar-refractivity contribution >= 4 is 31.5 Å². The van der Waals surface area contributed by atoms with E-state index in [1.807, 2.05) is 11.3 Å². The van der Waals surface area contributed by atoms with E-state index in [0.29, 0.717) is 0 Å². The zero-order chi connectivity index (χ0) is 37.3. The van der Waals surface area contributed by atoms with Crippen molar-refractivity contribution in [3.8, 4) is 44.5 Å². The number of benzene rings is 7. The molecule has 9 aromatic carbocycles. The number of rotatable bonds is 2. The van der Waals surface area contributed by atoms with Crippen molar-refractivity contribution < 1.29 is 0 Å². The van der Waals surface area contributed by atoms with Crippen LogP contribution in [0.15, 0.2) is 182 Å². The zero-order valence-electron chi connectivity index (χ0n) is 30.7. The van der Waals surface area contributed by atoms with Crippen LogP contribution in [-0.2, 0) is 10.8 Å². The third kappa shape index (κ3) is 3.80. The molecule has 0 aliphatic heterocycles. The highest BCUT2D eigenvalue weighted by molar-refractivity contribution is 7.25. The molecule has 0 nitrogen and oxygen atoms in total. The van der Waals surface area contributed by atoms with E-state index in [-0.39, 0.29) is 0 Å². The molecule has 13 rings (SSSR count). The normalized spacial score (nSPS) is 14.3. The summed E-state index contributed by atoms with van der Waals surface area (Å²) in [6, 6.07) is 81.9. The van der Waals surface area contributed by atoms with Gasteiger partial charge in [-0.15, -0.1) is 11.3 Å². The first-order chi connectivity index (χ1) is 28.3. The van der Waals surface area contributed by atoms with Gasteiger partial charge in [0.2, 0.25) is 0 Å². The predicted molar refractivity (Wildman–Crippen MR) is 234 cm³/mol. The Balaban J connectivity index is 1.12. The maximum absolute atomic E-state index is 3.61. The highest BCUT2D eigenvalue weighted by Crippen LogP contribution is 2.68. The summed E-state index contributed by atoms with van der Waals surface area (Å²) in [5.74, 6) is 0. The first kappa shape index (κ1) is 31.1. The fourth-order valence-corrected chi connectivity index (χ4v) is 12.1. The first-order valence-electron chi connectivity index (χ1n) is 19.6. The summed E-state index contributed by atoms with van der Waals surface area (Å²) in [6.07, 6.45) is 0. The molecular weight excluding hydrogens is 705 g/mol. The number of fused-ring (bicyclic) bond motifs is 19. The number of thiophene rings is 1. The molecule has 260 valence electrons. The molecule has 0 radical (unpaired) electrons. The summed E-state index contributed by atoms with van der Waals surface area (Å²) >= 11 is 1.82. The third-order valence-corrected chi connectivity index (χ3v) is 14.2. The van der Waals surface area contributed by atoms with Crippen LogP contribution in [0.25, 0.3) is 64.7 Å². The van der Waals surface area contributed by atoms with Crippen LogP contribution < -0.4 is 0 Å².